The first-order valence-electron chi connectivity index (χ1n) is 4.22. The number of rotatable bonds is 4. The predicted molar refractivity (Wildman–Crippen MR) is 57.3 cm³/mol. The van der Waals surface area contributed by atoms with Gasteiger partial charge in [-0.2, -0.15) is 0 Å². The molecule has 0 amide bonds. The highest BCUT2D eigenvalue weighted by Gasteiger charge is 2.20. The second-order valence-corrected chi connectivity index (χ2v) is 5.29. The number of nitro groups is 1. The minimum atomic E-state index is -3.97. The molecule has 0 saturated carbocycles. The lowest BCUT2D eigenvalue weighted by atomic mass is 10.3. The fourth-order valence-corrected chi connectivity index (χ4v) is 2.05. The standard InChI is InChI=1S/C8H8ClNO5S/c1-2-15-7-5-6(10(11)12)3-4-8(7)16(9,13)14/h3-5H,2H2,1H3. The monoisotopic (exact) mass is 265 g/mol. The van der Waals surface area contributed by atoms with Gasteiger partial charge < -0.3 is 4.74 Å². The molecule has 1 aromatic carbocycles. The molecule has 0 fully saturated rings. The highest BCUT2D eigenvalue weighted by molar-refractivity contribution is 8.13. The molecular weight excluding hydrogens is 258 g/mol. The van der Waals surface area contributed by atoms with E-state index in [1.165, 1.54) is 0 Å². The second kappa shape index (κ2) is 4.67. The van der Waals surface area contributed by atoms with Gasteiger partial charge in [-0.25, -0.2) is 8.42 Å². The van der Waals surface area contributed by atoms with Crippen molar-refractivity contribution < 1.29 is 18.1 Å². The van der Waals surface area contributed by atoms with Gasteiger partial charge in [0, 0.05) is 16.7 Å². The number of halogens is 1. The van der Waals surface area contributed by atoms with Gasteiger partial charge in [-0.05, 0) is 13.0 Å². The third kappa shape index (κ3) is 2.83. The first-order valence-corrected chi connectivity index (χ1v) is 6.53. The summed E-state index contributed by atoms with van der Waals surface area (Å²) in [5, 5.41) is 10.5. The van der Waals surface area contributed by atoms with Crippen LogP contribution in [0.4, 0.5) is 5.69 Å². The molecule has 8 heteroatoms. The van der Waals surface area contributed by atoms with E-state index >= 15 is 0 Å². The highest BCUT2D eigenvalue weighted by Crippen LogP contribution is 2.30. The zero-order chi connectivity index (χ0) is 12.3. The van der Waals surface area contributed by atoms with Crippen molar-refractivity contribution in [2.45, 2.75) is 11.8 Å². The summed E-state index contributed by atoms with van der Waals surface area (Å²) < 4.78 is 27.2. The van der Waals surface area contributed by atoms with Gasteiger partial charge >= 0.3 is 0 Å². The van der Waals surface area contributed by atoms with Crippen molar-refractivity contribution in [2.75, 3.05) is 6.61 Å². The summed E-state index contributed by atoms with van der Waals surface area (Å²) in [6.07, 6.45) is 0. The van der Waals surface area contributed by atoms with E-state index in [1.807, 2.05) is 0 Å². The molecule has 88 valence electrons. The first kappa shape index (κ1) is 12.7. The Kier molecular flexibility index (Phi) is 3.71. The Morgan fingerprint density at radius 3 is 2.56 bits per heavy atom. The molecule has 0 atom stereocenters. The molecular formula is C8H8ClNO5S. The van der Waals surface area contributed by atoms with Gasteiger partial charge in [0.1, 0.15) is 10.6 Å². The topological polar surface area (TPSA) is 86.5 Å². The number of benzene rings is 1. The van der Waals surface area contributed by atoms with Gasteiger partial charge in [0.2, 0.25) is 0 Å². The largest absolute Gasteiger partial charge is 0.492 e. The van der Waals surface area contributed by atoms with Crippen molar-refractivity contribution in [3.63, 3.8) is 0 Å². The molecule has 0 saturated heterocycles. The maximum atomic E-state index is 11.1. The van der Waals surface area contributed by atoms with Crippen LogP contribution in [0.3, 0.4) is 0 Å². The minimum absolute atomic E-state index is 0.119. The highest BCUT2D eigenvalue weighted by atomic mass is 35.7. The first-order chi connectivity index (χ1) is 7.36. The summed E-state index contributed by atoms with van der Waals surface area (Å²) in [6, 6.07) is 3.13. The van der Waals surface area contributed by atoms with Crippen LogP contribution < -0.4 is 4.74 Å². The molecule has 0 bridgehead atoms. The number of nitrogens with zero attached hydrogens (tertiary/aromatic N) is 1. The third-order valence-corrected chi connectivity index (χ3v) is 3.06. The normalized spacial score (nSPS) is 11.1. The Labute approximate surface area is 96.4 Å². The summed E-state index contributed by atoms with van der Waals surface area (Å²) in [5.41, 5.74) is -0.257. The SMILES string of the molecule is CCOc1cc([N+](=O)[O-])ccc1S(=O)(=O)Cl. The van der Waals surface area contributed by atoms with Crippen molar-refractivity contribution in [1.82, 2.24) is 0 Å². The zero-order valence-electron chi connectivity index (χ0n) is 8.21. The van der Waals surface area contributed by atoms with E-state index in [0.29, 0.717) is 0 Å². The van der Waals surface area contributed by atoms with E-state index in [-0.39, 0.29) is 22.9 Å². The summed E-state index contributed by atoms with van der Waals surface area (Å²) >= 11 is 0. The minimum Gasteiger partial charge on any atom is -0.492 e. The lowest BCUT2D eigenvalue weighted by molar-refractivity contribution is -0.385. The van der Waals surface area contributed by atoms with Gasteiger partial charge in [0.05, 0.1) is 17.6 Å². The van der Waals surface area contributed by atoms with E-state index in [2.05, 4.69) is 0 Å². The van der Waals surface area contributed by atoms with Crippen LogP contribution in [-0.2, 0) is 9.05 Å². The Balaban J connectivity index is 3.36. The third-order valence-electron chi connectivity index (χ3n) is 1.70. The molecule has 1 rings (SSSR count). The summed E-state index contributed by atoms with van der Waals surface area (Å²) in [7, 11) is 1.18. The Morgan fingerprint density at radius 2 is 2.12 bits per heavy atom. The Bertz CT molecular complexity index is 513. The van der Waals surface area contributed by atoms with Crippen LogP contribution >= 0.6 is 10.7 Å². The Morgan fingerprint density at radius 1 is 1.50 bits per heavy atom. The van der Waals surface area contributed by atoms with Crippen LogP contribution in [-0.4, -0.2) is 19.9 Å². The van der Waals surface area contributed by atoms with Crippen molar-refractivity contribution in [3.8, 4) is 5.75 Å². The summed E-state index contributed by atoms with van der Waals surface area (Å²) in [5.74, 6) is -0.119. The molecule has 0 N–H and O–H groups in total. The van der Waals surface area contributed by atoms with Gasteiger partial charge in [-0.15, -0.1) is 0 Å². The van der Waals surface area contributed by atoms with Crippen LogP contribution in [0.5, 0.6) is 5.75 Å². The maximum Gasteiger partial charge on any atom is 0.273 e. The lowest BCUT2D eigenvalue weighted by Crippen LogP contribution is -2.00. The molecule has 1 aromatic rings. The van der Waals surface area contributed by atoms with Crippen LogP contribution in [0, 0.1) is 10.1 Å². The van der Waals surface area contributed by atoms with Crippen LogP contribution in [0.25, 0.3) is 0 Å². The average molecular weight is 266 g/mol. The molecule has 0 aliphatic carbocycles. The quantitative estimate of drug-likeness (QED) is 0.471. The predicted octanol–water partition coefficient (Wildman–Crippen LogP) is 1.92. The van der Waals surface area contributed by atoms with Crippen molar-refractivity contribution in [2.24, 2.45) is 0 Å². The number of nitro benzene ring substituents is 1. The van der Waals surface area contributed by atoms with E-state index in [0.717, 1.165) is 18.2 Å². The number of ether oxygens (including phenoxy) is 1. The van der Waals surface area contributed by atoms with Crippen LogP contribution in [0.15, 0.2) is 23.1 Å². The molecule has 0 aromatic heterocycles. The summed E-state index contributed by atoms with van der Waals surface area (Å²) in [4.78, 5) is 9.56. The fourth-order valence-electron chi connectivity index (χ4n) is 1.08. The molecule has 6 nitrogen and oxygen atoms in total. The van der Waals surface area contributed by atoms with Crippen molar-refractivity contribution in [3.05, 3.63) is 28.3 Å². The van der Waals surface area contributed by atoms with Gasteiger partial charge in [-0.3, -0.25) is 10.1 Å². The Hall–Kier alpha value is -1.34. The lowest BCUT2D eigenvalue weighted by Gasteiger charge is -2.06. The van der Waals surface area contributed by atoms with Gasteiger partial charge in [0.15, 0.2) is 0 Å². The molecule has 16 heavy (non-hydrogen) atoms. The molecule has 0 heterocycles. The number of non-ortho nitro benzene ring substituents is 1. The van der Waals surface area contributed by atoms with E-state index < -0.39 is 14.0 Å². The van der Waals surface area contributed by atoms with E-state index in [1.54, 1.807) is 6.92 Å². The smallest absolute Gasteiger partial charge is 0.273 e. The van der Waals surface area contributed by atoms with Crippen LogP contribution in [0.2, 0.25) is 0 Å². The average Bonchev–Trinajstić information content (AvgIpc) is 2.16. The van der Waals surface area contributed by atoms with E-state index in [4.69, 9.17) is 15.4 Å². The van der Waals surface area contributed by atoms with Crippen molar-refractivity contribution in [1.29, 1.82) is 0 Å². The fraction of sp³-hybridized carbons (Fsp3) is 0.250. The van der Waals surface area contributed by atoms with Gasteiger partial charge in [0.25, 0.3) is 14.7 Å². The van der Waals surface area contributed by atoms with Crippen LogP contribution in [0.1, 0.15) is 6.92 Å². The number of hydrogen-bond donors (Lipinski definition) is 0. The molecule has 0 aliphatic rings. The summed E-state index contributed by atoms with van der Waals surface area (Å²) in [6.45, 7) is 1.81. The number of hydrogen-bond acceptors (Lipinski definition) is 5. The molecule has 0 aliphatic heterocycles. The van der Waals surface area contributed by atoms with Gasteiger partial charge in [-0.1, -0.05) is 0 Å². The molecule has 0 spiro atoms. The second-order valence-electron chi connectivity index (χ2n) is 2.76. The zero-order valence-corrected chi connectivity index (χ0v) is 9.79. The van der Waals surface area contributed by atoms with E-state index in [9.17, 15) is 18.5 Å². The molecule has 0 radical (unpaired) electrons. The maximum absolute atomic E-state index is 11.1. The van der Waals surface area contributed by atoms with Crippen molar-refractivity contribution >= 4 is 25.4 Å². The molecule has 0 unspecified atom stereocenters.